The maximum atomic E-state index is 13.7. The first-order valence-corrected chi connectivity index (χ1v) is 27.3. The molecule has 0 amide bonds. The van der Waals surface area contributed by atoms with Gasteiger partial charge in [-0.05, 0) is 32.1 Å². The Morgan fingerprint density at radius 3 is 1.35 bits per heavy atom. The highest BCUT2D eigenvalue weighted by Gasteiger charge is 2.32. The molecule has 0 N–H and O–H groups in total. The first-order valence-electron chi connectivity index (χ1n) is 25.8. The summed E-state index contributed by atoms with van der Waals surface area (Å²) in [5, 5.41) is 9.06. The maximum absolute atomic E-state index is 13.7. The van der Waals surface area contributed by atoms with E-state index >= 15 is 0 Å². The van der Waals surface area contributed by atoms with Crippen molar-refractivity contribution in [2.24, 2.45) is 0 Å². The fraction of sp³-hybridized carbons (Fsp3) is 0.941. The number of halogens is 1. The van der Waals surface area contributed by atoms with Crippen molar-refractivity contribution in [3.63, 3.8) is 0 Å². The van der Waals surface area contributed by atoms with Crippen LogP contribution < -0.4 is 12.4 Å². The van der Waals surface area contributed by atoms with Gasteiger partial charge in [-0.2, -0.15) is 5.26 Å². The number of likely N-dealkylation sites (tertiary alicyclic amines) is 1. The number of rotatable bonds is 45. The SMILES string of the molecule is C.CCCCCCCCCCCCCCCCCC(=O)OCC(COP(=O)(OCCC#N)OCC[N+]1(C)CCCCC1)OC(=O)CCCCCCCCCCCCCCCCC.[Cl-]. The molecule has 2 unspecified atom stereocenters. The highest BCUT2D eigenvalue weighted by Crippen LogP contribution is 2.49. The van der Waals surface area contributed by atoms with E-state index in [9.17, 15) is 14.2 Å². The summed E-state index contributed by atoms with van der Waals surface area (Å²) in [7, 11) is -1.91. The summed E-state index contributed by atoms with van der Waals surface area (Å²) in [5.41, 5.74) is 0. The van der Waals surface area contributed by atoms with E-state index in [1.54, 1.807) is 0 Å². The molecule has 0 aromatic carbocycles. The second-order valence-electron chi connectivity index (χ2n) is 18.4. The predicted molar refractivity (Wildman–Crippen MR) is 257 cm³/mol. The maximum Gasteiger partial charge on any atom is 0.475 e. The number of carbonyl (C=O) groups excluding carboxylic acids is 2. The second-order valence-corrected chi connectivity index (χ2v) is 20.0. The summed E-state index contributed by atoms with van der Waals surface area (Å²) in [6.45, 7) is 6.79. The van der Waals surface area contributed by atoms with Crippen LogP contribution in [0.1, 0.15) is 252 Å². The number of ether oxygens (including phenoxy) is 2. The van der Waals surface area contributed by atoms with Gasteiger partial charge in [-0.15, -0.1) is 0 Å². The van der Waals surface area contributed by atoms with E-state index in [1.807, 2.05) is 6.07 Å². The van der Waals surface area contributed by atoms with Crippen LogP contribution in [0.4, 0.5) is 0 Å². The van der Waals surface area contributed by atoms with Crippen molar-refractivity contribution in [3.05, 3.63) is 0 Å². The van der Waals surface area contributed by atoms with E-state index in [4.69, 9.17) is 28.3 Å². The third-order valence-corrected chi connectivity index (χ3v) is 13.8. The van der Waals surface area contributed by atoms with Crippen LogP contribution in [0.15, 0.2) is 0 Å². The van der Waals surface area contributed by atoms with E-state index in [-0.39, 0.29) is 65.1 Å². The number of hydrogen-bond acceptors (Lipinski definition) is 9. The number of nitrogens with zero attached hydrogens (tertiary/aromatic N) is 2. The van der Waals surface area contributed by atoms with Gasteiger partial charge in [0.15, 0.2) is 6.10 Å². The molecule has 10 nitrogen and oxygen atoms in total. The van der Waals surface area contributed by atoms with Crippen molar-refractivity contribution < 1.29 is 54.1 Å². The molecule has 0 aromatic rings. The number of phosphoric ester groups is 1. The van der Waals surface area contributed by atoms with Crippen molar-refractivity contribution in [1.82, 2.24) is 0 Å². The lowest BCUT2D eigenvalue weighted by Crippen LogP contribution is -3.00. The number of hydrogen-bond donors (Lipinski definition) is 0. The molecule has 1 fully saturated rings. The lowest BCUT2D eigenvalue weighted by molar-refractivity contribution is -0.914. The molecular weight excluding hydrogens is 835 g/mol. The van der Waals surface area contributed by atoms with Gasteiger partial charge in [0.05, 0.1) is 45.8 Å². The summed E-state index contributed by atoms with van der Waals surface area (Å²) in [6, 6.07) is 1.99. The van der Waals surface area contributed by atoms with Crippen molar-refractivity contribution in [3.8, 4) is 6.07 Å². The van der Waals surface area contributed by atoms with Crippen LogP contribution in [0.25, 0.3) is 0 Å². The Balaban J connectivity index is 0. The minimum atomic E-state index is -4.08. The zero-order valence-corrected chi connectivity index (χ0v) is 42.1. The van der Waals surface area contributed by atoms with Crippen LogP contribution in [-0.4, -0.2) is 75.6 Å². The lowest BCUT2D eigenvalue weighted by atomic mass is 10.0. The van der Waals surface area contributed by atoms with Gasteiger partial charge < -0.3 is 26.4 Å². The summed E-state index contributed by atoms with van der Waals surface area (Å²) in [5.74, 6) is -0.744. The number of phosphoric acid groups is 1. The fourth-order valence-electron chi connectivity index (χ4n) is 8.26. The molecule has 0 aliphatic carbocycles. The Morgan fingerprint density at radius 2 is 0.937 bits per heavy atom. The van der Waals surface area contributed by atoms with Crippen LogP contribution in [0.5, 0.6) is 0 Å². The van der Waals surface area contributed by atoms with Gasteiger partial charge in [-0.25, -0.2) is 4.57 Å². The summed E-state index contributed by atoms with van der Waals surface area (Å²) >= 11 is 0. The van der Waals surface area contributed by atoms with Crippen molar-refractivity contribution in [2.45, 2.75) is 259 Å². The molecule has 0 saturated carbocycles. The molecule has 12 heteroatoms. The molecule has 1 rings (SSSR count). The van der Waals surface area contributed by atoms with Gasteiger partial charge in [-0.1, -0.05) is 201 Å². The fourth-order valence-corrected chi connectivity index (χ4v) is 9.45. The highest BCUT2D eigenvalue weighted by molar-refractivity contribution is 7.48. The first-order chi connectivity index (χ1) is 29.8. The van der Waals surface area contributed by atoms with E-state index < -0.39 is 19.9 Å². The summed E-state index contributed by atoms with van der Waals surface area (Å²) in [6.07, 6.45) is 40.6. The van der Waals surface area contributed by atoms with E-state index in [2.05, 4.69) is 20.9 Å². The predicted octanol–water partition coefficient (Wildman–Crippen LogP) is 12.3. The third-order valence-electron chi connectivity index (χ3n) is 12.4. The highest BCUT2D eigenvalue weighted by atomic mass is 35.5. The molecule has 0 spiro atoms. The minimum absolute atomic E-state index is 0. The van der Waals surface area contributed by atoms with E-state index in [0.717, 1.165) is 68.9 Å². The zero-order chi connectivity index (χ0) is 44.4. The topological polar surface area (TPSA) is 121 Å². The molecular formula is C51H100ClN2O8P. The molecule has 0 bridgehead atoms. The molecule has 1 saturated heterocycles. The molecule has 1 aliphatic heterocycles. The molecule has 1 aliphatic rings. The van der Waals surface area contributed by atoms with Gasteiger partial charge >= 0.3 is 19.8 Å². The van der Waals surface area contributed by atoms with Crippen LogP contribution in [0.3, 0.4) is 0 Å². The van der Waals surface area contributed by atoms with Crippen molar-refractivity contribution in [2.75, 3.05) is 53.1 Å². The average molecular weight is 936 g/mol. The quantitative estimate of drug-likeness (QED) is 0.0254. The Kier molecular flexibility index (Phi) is 46.6. The van der Waals surface area contributed by atoms with Gasteiger partial charge in [0, 0.05) is 12.8 Å². The van der Waals surface area contributed by atoms with Gasteiger partial charge in [0.25, 0.3) is 0 Å². The Hall–Kier alpha value is -1.21. The largest absolute Gasteiger partial charge is 1.00 e. The van der Waals surface area contributed by atoms with Gasteiger partial charge in [0.1, 0.15) is 19.8 Å². The summed E-state index contributed by atoms with van der Waals surface area (Å²) in [4.78, 5) is 25.7. The Morgan fingerprint density at radius 1 is 0.556 bits per heavy atom. The number of unbranched alkanes of at least 4 members (excludes halogenated alkanes) is 28. The smallest absolute Gasteiger partial charge is 0.475 e. The van der Waals surface area contributed by atoms with Crippen LogP contribution >= 0.6 is 7.82 Å². The number of esters is 2. The Labute approximate surface area is 395 Å². The number of carbonyl (C=O) groups is 2. The van der Waals surface area contributed by atoms with E-state index in [1.165, 1.54) is 161 Å². The monoisotopic (exact) mass is 935 g/mol. The number of piperidine rings is 1. The lowest BCUT2D eigenvalue weighted by Gasteiger charge is -2.37. The normalized spacial score (nSPS) is 14.8. The minimum Gasteiger partial charge on any atom is -1.00 e. The molecule has 0 aromatic heterocycles. The zero-order valence-electron chi connectivity index (χ0n) is 40.5. The standard InChI is InChI=1S/C50H96N2O8P.CH4.ClH/c1-4-6-8-10-12-14-16-18-20-22-24-26-28-30-33-38-49(53)56-46-48(47-59-61(55,57-44-37-40-51)58-45-43-52(3)41-35-32-36-42-52)60-50(54)39-34-31-29-27-25-23-21-19-17-15-13-11-9-7-5-2;;/h48H,4-39,41-47H2,1-3H3;1H4;1H/q+1;;/p-1. The third kappa shape index (κ3) is 40.8. The molecule has 374 valence electrons. The van der Waals surface area contributed by atoms with Crippen molar-refractivity contribution in [1.29, 1.82) is 5.26 Å². The van der Waals surface area contributed by atoms with Crippen molar-refractivity contribution >= 4 is 19.8 Å². The molecule has 63 heavy (non-hydrogen) atoms. The van der Waals surface area contributed by atoms with Crippen LogP contribution in [0.2, 0.25) is 0 Å². The molecule has 0 radical (unpaired) electrons. The Bertz CT molecular complexity index is 1120. The second kappa shape index (κ2) is 45.9. The van der Waals surface area contributed by atoms with E-state index in [0.29, 0.717) is 13.0 Å². The number of nitriles is 1. The molecule has 1 heterocycles. The van der Waals surface area contributed by atoms with Crippen LogP contribution in [-0.2, 0) is 37.2 Å². The number of likely N-dealkylation sites (N-methyl/N-ethyl adjacent to an activating group) is 1. The number of quaternary nitrogens is 1. The van der Waals surface area contributed by atoms with Gasteiger partial charge in [0.2, 0.25) is 0 Å². The van der Waals surface area contributed by atoms with Crippen LogP contribution in [0, 0.1) is 11.3 Å². The summed E-state index contributed by atoms with van der Waals surface area (Å²) < 4.78 is 42.9. The average Bonchev–Trinajstić information content (AvgIpc) is 3.25. The van der Waals surface area contributed by atoms with Gasteiger partial charge in [-0.3, -0.25) is 23.2 Å². The molecule has 2 atom stereocenters. The first kappa shape index (κ1) is 63.9.